The van der Waals surface area contributed by atoms with Gasteiger partial charge in [-0.2, -0.15) is 0 Å². The Morgan fingerprint density at radius 1 is 1.42 bits per heavy atom. The minimum Gasteiger partial charge on any atom is -0.493 e. The van der Waals surface area contributed by atoms with Gasteiger partial charge in [0, 0.05) is 22.7 Å². The topological polar surface area (TPSA) is 54.1 Å². The summed E-state index contributed by atoms with van der Waals surface area (Å²) in [4.78, 5) is 15.1. The zero-order valence-corrected chi connectivity index (χ0v) is 11.7. The van der Waals surface area contributed by atoms with Gasteiger partial charge in [0.25, 0.3) is 5.91 Å². The van der Waals surface area contributed by atoms with Crippen molar-refractivity contribution in [3.05, 3.63) is 52.3 Å². The summed E-state index contributed by atoms with van der Waals surface area (Å²) in [5.74, 6) is 0.749. The van der Waals surface area contributed by atoms with E-state index in [9.17, 15) is 4.79 Å². The van der Waals surface area contributed by atoms with Gasteiger partial charge in [-0.1, -0.05) is 18.2 Å². The first-order valence-electron chi connectivity index (χ1n) is 6.10. The quantitative estimate of drug-likeness (QED) is 0.893. The molecule has 2 heterocycles. The highest BCUT2D eigenvalue weighted by Crippen LogP contribution is 2.31. The average Bonchev–Trinajstić information content (AvgIpc) is 2.86. The van der Waals surface area contributed by atoms with Crippen molar-refractivity contribution >= 4 is 21.8 Å². The van der Waals surface area contributed by atoms with Gasteiger partial charge in [-0.15, -0.1) is 0 Å². The molecule has 1 aromatic heterocycles. The van der Waals surface area contributed by atoms with Crippen molar-refractivity contribution < 1.29 is 9.53 Å². The van der Waals surface area contributed by atoms with Crippen molar-refractivity contribution in [2.75, 3.05) is 6.61 Å². The molecular weight excluding hydrogens is 308 g/mol. The Kier molecular flexibility index (Phi) is 3.29. The summed E-state index contributed by atoms with van der Waals surface area (Å²) in [6.45, 7) is 0.621. The zero-order valence-electron chi connectivity index (χ0n) is 10.2. The number of carbonyl (C=O) groups excluding carboxylic acids is 1. The summed E-state index contributed by atoms with van der Waals surface area (Å²) in [7, 11) is 0. The van der Waals surface area contributed by atoms with E-state index in [0.717, 1.165) is 22.2 Å². The molecule has 0 fully saturated rings. The molecule has 3 rings (SSSR count). The molecule has 1 amide bonds. The maximum atomic E-state index is 12.1. The smallest absolute Gasteiger partial charge is 0.268 e. The Morgan fingerprint density at radius 3 is 3.05 bits per heavy atom. The molecule has 2 aromatic rings. The largest absolute Gasteiger partial charge is 0.493 e. The molecule has 5 heteroatoms. The predicted octanol–water partition coefficient (Wildman–Crippen LogP) is 3.03. The van der Waals surface area contributed by atoms with Gasteiger partial charge in [-0.3, -0.25) is 4.79 Å². The molecular formula is C14H13BrN2O2. The molecule has 4 nitrogen and oxygen atoms in total. The monoisotopic (exact) mass is 320 g/mol. The second kappa shape index (κ2) is 5.09. The van der Waals surface area contributed by atoms with Crippen LogP contribution in [0, 0.1) is 0 Å². The highest BCUT2D eigenvalue weighted by Gasteiger charge is 2.23. The number of hydrogen-bond acceptors (Lipinski definition) is 2. The first-order chi connectivity index (χ1) is 9.24. The molecule has 98 valence electrons. The summed E-state index contributed by atoms with van der Waals surface area (Å²) in [5.41, 5.74) is 1.59. The van der Waals surface area contributed by atoms with Crippen molar-refractivity contribution in [1.29, 1.82) is 0 Å². The van der Waals surface area contributed by atoms with Crippen LogP contribution >= 0.6 is 15.9 Å². The lowest BCUT2D eigenvalue weighted by molar-refractivity contribution is 0.0920. The maximum absolute atomic E-state index is 12.1. The van der Waals surface area contributed by atoms with Gasteiger partial charge in [-0.25, -0.2) is 0 Å². The Labute approximate surface area is 119 Å². The minimum absolute atomic E-state index is 0.000439. The van der Waals surface area contributed by atoms with E-state index in [1.807, 2.05) is 24.3 Å². The van der Waals surface area contributed by atoms with Crippen LogP contribution in [0.5, 0.6) is 5.75 Å². The van der Waals surface area contributed by atoms with Crippen molar-refractivity contribution in [3.8, 4) is 5.75 Å². The number of hydrogen-bond donors (Lipinski definition) is 2. The number of aromatic amines is 1. The fourth-order valence-electron chi connectivity index (χ4n) is 2.23. The van der Waals surface area contributed by atoms with Gasteiger partial charge < -0.3 is 15.0 Å². The number of carbonyl (C=O) groups is 1. The van der Waals surface area contributed by atoms with Crippen molar-refractivity contribution in [2.45, 2.75) is 12.5 Å². The number of benzene rings is 1. The lowest BCUT2D eigenvalue weighted by atomic mass is 10.0. The van der Waals surface area contributed by atoms with Crippen LogP contribution < -0.4 is 10.1 Å². The molecule has 1 aromatic carbocycles. The zero-order chi connectivity index (χ0) is 13.2. The molecule has 0 spiro atoms. The number of amides is 1. The SMILES string of the molecule is O=C(N[C@@H]1CCOc2ccccc21)c1cc(Br)c[nH]1. The fraction of sp³-hybridized carbons (Fsp3) is 0.214. The van der Waals surface area contributed by atoms with Crippen LogP contribution in [-0.4, -0.2) is 17.5 Å². The van der Waals surface area contributed by atoms with E-state index in [0.29, 0.717) is 12.3 Å². The molecule has 0 unspecified atom stereocenters. The molecule has 1 aliphatic heterocycles. The number of H-pyrrole nitrogens is 1. The van der Waals surface area contributed by atoms with Crippen LogP contribution in [0.15, 0.2) is 41.0 Å². The Hall–Kier alpha value is -1.75. The van der Waals surface area contributed by atoms with Crippen LogP contribution in [0.1, 0.15) is 28.5 Å². The molecule has 0 saturated carbocycles. The lowest BCUT2D eigenvalue weighted by Gasteiger charge is -2.26. The molecule has 0 radical (unpaired) electrons. The summed E-state index contributed by atoms with van der Waals surface area (Å²) < 4.78 is 6.44. The van der Waals surface area contributed by atoms with Gasteiger partial charge in [0.1, 0.15) is 11.4 Å². The molecule has 0 aliphatic carbocycles. The van der Waals surface area contributed by atoms with Gasteiger partial charge in [0.05, 0.1) is 12.6 Å². The highest BCUT2D eigenvalue weighted by atomic mass is 79.9. The van der Waals surface area contributed by atoms with E-state index in [-0.39, 0.29) is 11.9 Å². The standard InChI is InChI=1S/C14H13BrN2O2/c15-9-7-12(16-8-9)14(18)17-11-5-6-19-13-4-2-1-3-10(11)13/h1-4,7-8,11,16H,5-6H2,(H,17,18)/t11-/m1/s1. The van der Waals surface area contributed by atoms with Crippen LogP contribution in [0.25, 0.3) is 0 Å². The van der Waals surface area contributed by atoms with E-state index < -0.39 is 0 Å². The summed E-state index contributed by atoms with van der Waals surface area (Å²) in [6, 6.07) is 9.58. The third kappa shape index (κ3) is 2.51. The predicted molar refractivity (Wildman–Crippen MR) is 75.3 cm³/mol. The lowest BCUT2D eigenvalue weighted by Crippen LogP contribution is -2.32. The number of ether oxygens (including phenoxy) is 1. The van der Waals surface area contributed by atoms with Crippen LogP contribution in [0.2, 0.25) is 0 Å². The van der Waals surface area contributed by atoms with Crippen LogP contribution in [0.3, 0.4) is 0 Å². The molecule has 1 aliphatic rings. The second-order valence-electron chi connectivity index (χ2n) is 4.43. The van der Waals surface area contributed by atoms with Gasteiger partial charge in [0.15, 0.2) is 0 Å². The first-order valence-corrected chi connectivity index (χ1v) is 6.90. The van der Waals surface area contributed by atoms with Crippen molar-refractivity contribution in [1.82, 2.24) is 10.3 Å². The molecule has 1 atom stereocenters. The maximum Gasteiger partial charge on any atom is 0.268 e. The normalized spacial score (nSPS) is 17.4. The minimum atomic E-state index is -0.104. The van der Waals surface area contributed by atoms with Crippen LogP contribution in [-0.2, 0) is 0 Å². The number of aromatic nitrogens is 1. The van der Waals surface area contributed by atoms with Crippen molar-refractivity contribution in [3.63, 3.8) is 0 Å². The Balaban J connectivity index is 1.79. The van der Waals surface area contributed by atoms with E-state index in [1.54, 1.807) is 12.3 Å². The van der Waals surface area contributed by atoms with E-state index in [4.69, 9.17) is 4.74 Å². The summed E-state index contributed by atoms with van der Waals surface area (Å²) in [5, 5.41) is 3.03. The number of halogens is 1. The van der Waals surface area contributed by atoms with E-state index >= 15 is 0 Å². The fourth-order valence-corrected chi connectivity index (χ4v) is 2.57. The Morgan fingerprint density at radius 2 is 2.26 bits per heavy atom. The molecule has 19 heavy (non-hydrogen) atoms. The molecule has 2 N–H and O–H groups in total. The number of rotatable bonds is 2. The number of fused-ring (bicyclic) bond motifs is 1. The van der Waals surface area contributed by atoms with Gasteiger partial charge in [-0.05, 0) is 28.1 Å². The number of nitrogens with one attached hydrogen (secondary N) is 2. The second-order valence-corrected chi connectivity index (χ2v) is 5.35. The molecule has 0 bridgehead atoms. The first kappa shape index (κ1) is 12.3. The van der Waals surface area contributed by atoms with Gasteiger partial charge in [0.2, 0.25) is 0 Å². The summed E-state index contributed by atoms with van der Waals surface area (Å²) >= 11 is 3.32. The number of para-hydroxylation sites is 1. The van der Waals surface area contributed by atoms with Crippen LogP contribution in [0.4, 0.5) is 0 Å². The Bertz CT molecular complexity index is 609. The van der Waals surface area contributed by atoms with Crippen molar-refractivity contribution in [2.24, 2.45) is 0 Å². The summed E-state index contributed by atoms with van der Waals surface area (Å²) in [6.07, 6.45) is 2.53. The van der Waals surface area contributed by atoms with Gasteiger partial charge >= 0.3 is 0 Å². The highest BCUT2D eigenvalue weighted by molar-refractivity contribution is 9.10. The third-order valence-electron chi connectivity index (χ3n) is 3.16. The van der Waals surface area contributed by atoms with E-state index in [2.05, 4.69) is 26.2 Å². The average molecular weight is 321 g/mol. The van der Waals surface area contributed by atoms with E-state index in [1.165, 1.54) is 0 Å². The third-order valence-corrected chi connectivity index (χ3v) is 3.61. The molecule has 0 saturated heterocycles.